The first-order valence-corrected chi connectivity index (χ1v) is 6.81. The van der Waals surface area contributed by atoms with Gasteiger partial charge in [-0.15, -0.1) is 0 Å². The molecule has 1 aliphatic heterocycles. The van der Waals surface area contributed by atoms with Crippen LogP contribution in [0.15, 0.2) is 24.3 Å². The van der Waals surface area contributed by atoms with Crippen LogP contribution in [-0.2, 0) is 17.7 Å². The van der Waals surface area contributed by atoms with Crippen molar-refractivity contribution in [1.82, 2.24) is 10.2 Å². The van der Waals surface area contributed by atoms with E-state index in [0.717, 1.165) is 26.2 Å². The lowest BCUT2D eigenvalue weighted by atomic mass is 10.00. The molecule has 18 heavy (non-hydrogen) atoms. The Kier molecular flexibility index (Phi) is 5.17. The third-order valence-electron chi connectivity index (χ3n) is 3.55. The van der Waals surface area contributed by atoms with E-state index in [-0.39, 0.29) is 0 Å². The molecule has 100 valence electrons. The van der Waals surface area contributed by atoms with Crippen LogP contribution in [0, 0.1) is 0 Å². The lowest BCUT2D eigenvalue weighted by Crippen LogP contribution is -2.39. The molecular formula is C15H24N2O. The second-order valence-corrected chi connectivity index (χ2v) is 5.11. The summed E-state index contributed by atoms with van der Waals surface area (Å²) in [6.45, 7) is 7.36. The zero-order valence-electron chi connectivity index (χ0n) is 11.5. The Morgan fingerprint density at radius 1 is 1.33 bits per heavy atom. The Morgan fingerprint density at radius 3 is 2.89 bits per heavy atom. The Morgan fingerprint density at radius 2 is 2.11 bits per heavy atom. The molecule has 0 aromatic heterocycles. The molecule has 0 radical (unpaired) electrons. The minimum atomic E-state index is 0.437. The summed E-state index contributed by atoms with van der Waals surface area (Å²) in [5.41, 5.74) is 3.02. The predicted octanol–water partition coefficient (Wildman–Crippen LogP) is 1.67. The largest absolute Gasteiger partial charge is 0.383 e. The van der Waals surface area contributed by atoms with E-state index >= 15 is 0 Å². The van der Waals surface area contributed by atoms with Crippen molar-refractivity contribution >= 4 is 0 Å². The number of hydrogen-bond acceptors (Lipinski definition) is 3. The number of nitrogens with one attached hydrogen (secondary N) is 1. The first-order valence-electron chi connectivity index (χ1n) is 6.81. The minimum absolute atomic E-state index is 0.437. The molecule has 0 amide bonds. The molecule has 0 fully saturated rings. The third kappa shape index (κ3) is 3.80. The molecule has 1 heterocycles. The molecule has 1 N–H and O–H groups in total. The van der Waals surface area contributed by atoms with Crippen LogP contribution in [0.1, 0.15) is 18.1 Å². The summed E-state index contributed by atoms with van der Waals surface area (Å²) in [4.78, 5) is 2.52. The number of nitrogens with zero attached hydrogens (tertiary/aromatic N) is 1. The SMILES string of the molecule is COCC(C)NCCN1CCc2ccccc2C1. The van der Waals surface area contributed by atoms with Crippen LogP contribution < -0.4 is 5.32 Å². The first kappa shape index (κ1) is 13.5. The van der Waals surface area contributed by atoms with Crippen molar-refractivity contribution < 1.29 is 4.74 Å². The molecule has 2 rings (SSSR count). The fourth-order valence-electron chi connectivity index (χ4n) is 2.52. The van der Waals surface area contributed by atoms with E-state index in [2.05, 4.69) is 41.4 Å². The van der Waals surface area contributed by atoms with Crippen molar-refractivity contribution in [3.8, 4) is 0 Å². The summed E-state index contributed by atoms with van der Waals surface area (Å²) >= 11 is 0. The van der Waals surface area contributed by atoms with Crippen LogP contribution in [0.5, 0.6) is 0 Å². The molecule has 1 aromatic carbocycles. The van der Waals surface area contributed by atoms with E-state index in [4.69, 9.17) is 4.74 Å². The van der Waals surface area contributed by atoms with Crippen LogP contribution in [0.4, 0.5) is 0 Å². The molecule has 3 heteroatoms. The Hall–Kier alpha value is -0.900. The predicted molar refractivity (Wildman–Crippen MR) is 74.8 cm³/mol. The molecule has 3 nitrogen and oxygen atoms in total. The number of rotatable bonds is 6. The van der Waals surface area contributed by atoms with Crippen molar-refractivity contribution in [1.29, 1.82) is 0 Å². The van der Waals surface area contributed by atoms with Crippen LogP contribution >= 0.6 is 0 Å². The highest BCUT2D eigenvalue weighted by Gasteiger charge is 2.14. The molecule has 0 saturated heterocycles. The lowest BCUT2D eigenvalue weighted by molar-refractivity contribution is 0.168. The smallest absolute Gasteiger partial charge is 0.0613 e. The van der Waals surface area contributed by atoms with Crippen molar-refractivity contribution in [3.05, 3.63) is 35.4 Å². The molecule has 1 aliphatic rings. The van der Waals surface area contributed by atoms with Gasteiger partial charge < -0.3 is 10.1 Å². The molecule has 1 unspecified atom stereocenters. The second kappa shape index (κ2) is 6.88. The molecular weight excluding hydrogens is 224 g/mol. The Bertz CT molecular complexity index is 367. The van der Waals surface area contributed by atoms with Gasteiger partial charge in [-0.3, -0.25) is 4.90 Å². The van der Waals surface area contributed by atoms with Crippen LogP contribution in [0.3, 0.4) is 0 Å². The van der Waals surface area contributed by atoms with Gasteiger partial charge in [-0.2, -0.15) is 0 Å². The highest BCUT2D eigenvalue weighted by Crippen LogP contribution is 2.17. The van der Waals surface area contributed by atoms with Crippen molar-refractivity contribution in [2.45, 2.75) is 25.9 Å². The summed E-state index contributed by atoms with van der Waals surface area (Å²) in [5.74, 6) is 0. The highest BCUT2D eigenvalue weighted by molar-refractivity contribution is 5.28. The third-order valence-corrected chi connectivity index (χ3v) is 3.55. The van der Waals surface area contributed by atoms with Gasteiger partial charge in [0.15, 0.2) is 0 Å². The van der Waals surface area contributed by atoms with E-state index in [1.807, 2.05) is 0 Å². The molecule has 1 atom stereocenters. The summed E-state index contributed by atoms with van der Waals surface area (Å²) < 4.78 is 5.12. The number of ether oxygens (including phenoxy) is 1. The van der Waals surface area contributed by atoms with Gasteiger partial charge in [0.05, 0.1) is 6.61 Å². The van der Waals surface area contributed by atoms with E-state index in [1.165, 1.54) is 24.1 Å². The standard InChI is InChI=1S/C15H24N2O/c1-13(12-18-2)16-8-10-17-9-7-14-5-3-4-6-15(14)11-17/h3-6,13,16H,7-12H2,1-2H3. The summed E-state index contributed by atoms with van der Waals surface area (Å²) in [5, 5.41) is 3.49. The normalized spacial score (nSPS) is 17.4. The minimum Gasteiger partial charge on any atom is -0.383 e. The molecule has 0 saturated carbocycles. The molecule has 0 bridgehead atoms. The van der Waals surface area contributed by atoms with Crippen molar-refractivity contribution in [2.75, 3.05) is 33.4 Å². The number of methoxy groups -OCH3 is 1. The maximum atomic E-state index is 5.12. The summed E-state index contributed by atoms with van der Waals surface area (Å²) in [6, 6.07) is 9.23. The molecule has 0 spiro atoms. The first-order chi connectivity index (χ1) is 8.79. The average molecular weight is 248 g/mol. The van der Waals surface area contributed by atoms with Gasteiger partial charge in [0, 0.05) is 39.3 Å². The van der Waals surface area contributed by atoms with Gasteiger partial charge >= 0.3 is 0 Å². The lowest BCUT2D eigenvalue weighted by Gasteiger charge is -2.29. The molecule has 0 aliphatic carbocycles. The quantitative estimate of drug-likeness (QED) is 0.829. The zero-order valence-corrected chi connectivity index (χ0v) is 11.5. The summed E-state index contributed by atoms with van der Waals surface area (Å²) in [7, 11) is 1.75. The van der Waals surface area contributed by atoms with E-state index in [1.54, 1.807) is 7.11 Å². The van der Waals surface area contributed by atoms with E-state index < -0.39 is 0 Å². The summed E-state index contributed by atoms with van der Waals surface area (Å²) in [6.07, 6.45) is 1.18. The fraction of sp³-hybridized carbons (Fsp3) is 0.600. The van der Waals surface area contributed by atoms with Crippen LogP contribution in [0.25, 0.3) is 0 Å². The topological polar surface area (TPSA) is 24.5 Å². The average Bonchev–Trinajstić information content (AvgIpc) is 2.39. The zero-order chi connectivity index (χ0) is 12.8. The molecule has 1 aromatic rings. The van der Waals surface area contributed by atoms with E-state index in [0.29, 0.717) is 6.04 Å². The Labute approximate surface area is 110 Å². The fourth-order valence-corrected chi connectivity index (χ4v) is 2.52. The van der Waals surface area contributed by atoms with Crippen molar-refractivity contribution in [2.24, 2.45) is 0 Å². The number of fused-ring (bicyclic) bond motifs is 1. The van der Waals surface area contributed by atoms with Crippen molar-refractivity contribution in [3.63, 3.8) is 0 Å². The van der Waals surface area contributed by atoms with Gasteiger partial charge in [0.2, 0.25) is 0 Å². The van der Waals surface area contributed by atoms with Gasteiger partial charge in [0.1, 0.15) is 0 Å². The maximum Gasteiger partial charge on any atom is 0.0613 e. The number of benzene rings is 1. The monoisotopic (exact) mass is 248 g/mol. The van der Waals surface area contributed by atoms with Gasteiger partial charge in [-0.05, 0) is 24.5 Å². The second-order valence-electron chi connectivity index (χ2n) is 5.11. The van der Waals surface area contributed by atoms with Crippen LogP contribution in [0.2, 0.25) is 0 Å². The van der Waals surface area contributed by atoms with Gasteiger partial charge in [0.25, 0.3) is 0 Å². The maximum absolute atomic E-state index is 5.12. The van der Waals surface area contributed by atoms with Gasteiger partial charge in [-0.1, -0.05) is 24.3 Å². The Balaban J connectivity index is 1.73. The van der Waals surface area contributed by atoms with E-state index in [9.17, 15) is 0 Å². The highest BCUT2D eigenvalue weighted by atomic mass is 16.5. The number of hydrogen-bond donors (Lipinski definition) is 1. The van der Waals surface area contributed by atoms with Crippen LogP contribution in [-0.4, -0.2) is 44.3 Å². The van der Waals surface area contributed by atoms with Gasteiger partial charge in [-0.25, -0.2) is 0 Å².